The first-order valence-electron chi connectivity index (χ1n) is 4.41. The minimum Gasteiger partial charge on any atom is -0.507 e. The third-order valence-corrected chi connectivity index (χ3v) is 2.28. The Kier molecular flexibility index (Phi) is 2.02. The van der Waals surface area contributed by atoms with E-state index in [0.29, 0.717) is 0 Å². The van der Waals surface area contributed by atoms with Crippen molar-refractivity contribution in [2.45, 2.75) is 6.04 Å². The molecular weight excluding hydrogens is 176 g/mol. The molecule has 0 amide bonds. The lowest BCUT2D eigenvalue weighted by Gasteiger charge is -2.00. The number of nitrogens with one attached hydrogen (secondary N) is 1. The van der Waals surface area contributed by atoms with Crippen molar-refractivity contribution in [2.24, 2.45) is 5.73 Å². The van der Waals surface area contributed by atoms with Crippen molar-refractivity contribution in [1.82, 2.24) is 4.98 Å². The molecule has 1 atom stereocenters. The zero-order valence-electron chi connectivity index (χ0n) is 7.70. The molecule has 0 spiro atoms. The number of H-pyrrole nitrogens is 1. The topological polar surface area (TPSA) is 62.0 Å². The lowest BCUT2D eigenvalue weighted by molar-refractivity contribution is 0.481. The maximum Gasteiger partial charge on any atom is 0.124 e. The van der Waals surface area contributed by atoms with Crippen molar-refractivity contribution in [3.8, 4) is 5.75 Å². The molecule has 0 bridgehead atoms. The Morgan fingerprint density at radius 3 is 2.93 bits per heavy atom. The van der Waals surface area contributed by atoms with E-state index in [-0.39, 0.29) is 11.8 Å². The summed E-state index contributed by atoms with van der Waals surface area (Å²) in [5.41, 5.74) is 7.52. The molecule has 0 saturated carbocycles. The lowest BCUT2D eigenvalue weighted by atomic mass is 10.2. The zero-order chi connectivity index (χ0) is 10.1. The van der Waals surface area contributed by atoms with Gasteiger partial charge in [-0.2, -0.15) is 0 Å². The van der Waals surface area contributed by atoms with Gasteiger partial charge >= 0.3 is 0 Å². The summed E-state index contributed by atoms with van der Waals surface area (Å²) >= 11 is 0. The normalized spacial score (nSPS) is 12.9. The molecule has 0 saturated heterocycles. The highest BCUT2D eigenvalue weighted by molar-refractivity contribution is 5.86. The molecule has 1 aromatic heterocycles. The number of aromatic nitrogens is 1. The first-order chi connectivity index (χ1) is 6.72. The standard InChI is InChI=1S/C11H12N2O/c1-2-8(12)10-6-7-9(13-10)4-3-5-11(7)14/h2-6,8,13-14H,1,12H2/t8-/m1/s1. The van der Waals surface area contributed by atoms with Gasteiger partial charge in [0.05, 0.1) is 6.04 Å². The van der Waals surface area contributed by atoms with Gasteiger partial charge < -0.3 is 15.8 Å². The first-order valence-corrected chi connectivity index (χ1v) is 4.41. The summed E-state index contributed by atoms with van der Waals surface area (Å²) < 4.78 is 0. The van der Waals surface area contributed by atoms with Crippen LogP contribution in [0.25, 0.3) is 10.9 Å². The molecule has 0 radical (unpaired) electrons. The average Bonchev–Trinajstić information content (AvgIpc) is 2.62. The summed E-state index contributed by atoms with van der Waals surface area (Å²) in [4.78, 5) is 3.13. The maximum atomic E-state index is 9.55. The number of aromatic amines is 1. The van der Waals surface area contributed by atoms with Gasteiger partial charge in [0.2, 0.25) is 0 Å². The fourth-order valence-electron chi connectivity index (χ4n) is 1.47. The van der Waals surface area contributed by atoms with E-state index < -0.39 is 0 Å². The molecule has 0 aliphatic rings. The SMILES string of the molecule is C=C[C@@H](N)c1cc2c(O)cccc2[nH]1. The van der Waals surface area contributed by atoms with E-state index in [0.717, 1.165) is 16.6 Å². The van der Waals surface area contributed by atoms with E-state index in [1.807, 2.05) is 12.1 Å². The van der Waals surface area contributed by atoms with Gasteiger partial charge in [0, 0.05) is 16.6 Å². The van der Waals surface area contributed by atoms with Crippen LogP contribution in [0.15, 0.2) is 36.9 Å². The molecule has 3 nitrogen and oxygen atoms in total. The summed E-state index contributed by atoms with van der Waals surface area (Å²) in [6.07, 6.45) is 1.65. The largest absolute Gasteiger partial charge is 0.507 e. The molecule has 3 heteroatoms. The summed E-state index contributed by atoms with van der Waals surface area (Å²) in [7, 11) is 0. The van der Waals surface area contributed by atoms with Gasteiger partial charge in [-0.15, -0.1) is 6.58 Å². The van der Waals surface area contributed by atoms with Crippen molar-refractivity contribution in [3.63, 3.8) is 0 Å². The monoisotopic (exact) mass is 188 g/mol. The molecular formula is C11H12N2O. The van der Waals surface area contributed by atoms with Crippen molar-refractivity contribution in [3.05, 3.63) is 42.6 Å². The van der Waals surface area contributed by atoms with Crippen molar-refractivity contribution < 1.29 is 5.11 Å². The van der Waals surface area contributed by atoms with Gasteiger partial charge in [-0.05, 0) is 18.2 Å². The molecule has 0 unspecified atom stereocenters. The van der Waals surface area contributed by atoms with E-state index in [1.54, 1.807) is 18.2 Å². The number of benzene rings is 1. The van der Waals surface area contributed by atoms with Crippen LogP contribution in [0.3, 0.4) is 0 Å². The van der Waals surface area contributed by atoms with E-state index in [1.165, 1.54) is 0 Å². The van der Waals surface area contributed by atoms with Crippen LogP contribution in [-0.2, 0) is 0 Å². The highest BCUT2D eigenvalue weighted by atomic mass is 16.3. The summed E-state index contributed by atoms with van der Waals surface area (Å²) in [6, 6.07) is 6.96. The number of fused-ring (bicyclic) bond motifs is 1. The zero-order valence-corrected chi connectivity index (χ0v) is 7.70. The lowest BCUT2D eigenvalue weighted by Crippen LogP contribution is -2.06. The third-order valence-electron chi connectivity index (χ3n) is 2.28. The van der Waals surface area contributed by atoms with Crippen LogP contribution in [-0.4, -0.2) is 10.1 Å². The quantitative estimate of drug-likeness (QED) is 0.632. The molecule has 2 aromatic rings. The molecule has 2 rings (SSSR count). The second kappa shape index (κ2) is 3.20. The summed E-state index contributed by atoms with van der Waals surface area (Å²) in [5.74, 6) is 0.265. The van der Waals surface area contributed by atoms with Crippen molar-refractivity contribution in [2.75, 3.05) is 0 Å². The highest BCUT2D eigenvalue weighted by Gasteiger charge is 2.07. The number of aromatic hydroxyl groups is 1. The predicted molar refractivity (Wildman–Crippen MR) is 57.1 cm³/mol. The van der Waals surface area contributed by atoms with Crippen LogP contribution in [0.1, 0.15) is 11.7 Å². The smallest absolute Gasteiger partial charge is 0.124 e. The first kappa shape index (κ1) is 8.84. The Hall–Kier alpha value is -1.74. The van der Waals surface area contributed by atoms with E-state index in [2.05, 4.69) is 11.6 Å². The fourth-order valence-corrected chi connectivity index (χ4v) is 1.47. The number of phenols is 1. The Morgan fingerprint density at radius 2 is 2.29 bits per heavy atom. The van der Waals surface area contributed by atoms with Crippen LogP contribution >= 0.6 is 0 Å². The Bertz CT molecular complexity index is 473. The molecule has 14 heavy (non-hydrogen) atoms. The average molecular weight is 188 g/mol. The predicted octanol–water partition coefficient (Wildman–Crippen LogP) is 2.06. The van der Waals surface area contributed by atoms with Crippen molar-refractivity contribution >= 4 is 10.9 Å². The second-order valence-electron chi connectivity index (χ2n) is 3.22. The third kappa shape index (κ3) is 1.28. The van der Waals surface area contributed by atoms with Crippen LogP contribution in [0.4, 0.5) is 0 Å². The van der Waals surface area contributed by atoms with Crippen LogP contribution < -0.4 is 5.73 Å². The second-order valence-corrected chi connectivity index (χ2v) is 3.22. The van der Waals surface area contributed by atoms with Crippen molar-refractivity contribution in [1.29, 1.82) is 0 Å². The molecule has 0 aliphatic carbocycles. The van der Waals surface area contributed by atoms with E-state index in [9.17, 15) is 5.11 Å². The van der Waals surface area contributed by atoms with E-state index >= 15 is 0 Å². The van der Waals surface area contributed by atoms with Gasteiger partial charge in [0.25, 0.3) is 0 Å². The molecule has 1 heterocycles. The summed E-state index contributed by atoms with van der Waals surface area (Å²) in [6.45, 7) is 3.62. The molecule has 4 N–H and O–H groups in total. The number of nitrogens with two attached hydrogens (primary N) is 1. The minimum atomic E-state index is -0.221. The van der Waals surface area contributed by atoms with Gasteiger partial charge in [-0.25, -0.2) is 0 Å². The number of hydrogen-bond donors (Lipinski definition) is 3. The maximum absolute atomic E-state index is 9.55. The number of phenolic OH excluding ortho intramolecular Hbond substituents is 1. The Labute approximate surface area is 81.9 Å². The molecule has 72 valence electrons. The number of hydrogen-bond acceptors (Lipinski definition) is 2. The summed E-state index contributed by atoms with van der Waals surface area (Å²) in [5, 5.41) is 10.3. The minimum absolute atomic E-state index is 0.221. The van der Waals surface area contributed by atoms with Crippen LogP contribution in [0, 0.1) is 0 Å². The van der Waals surface area contributed by atoms with Gasteiger partial charge in [-0.3, -0.25) is 0 Å². The van der Waals surface area contributed by atoms with Crippen LogP contribution in [0.5, 0.6) is 5.75 Å². The molecule has 0 fully saturated rings. The Morgan fingerprint density at radius 1 is 1.50 bits per heavy atom. The molecule has 1 aromatic carbocycles. The van der Waals surface area contributed by atoms with Gasteiger partial charge in [-0.1, -0.05) is 12.1 Å². The van der Waals surface area contributed by atoms with Crippen LogP contribution in [0.2, 0.25) is 0 Å². The fraction of sp³-hybridized carbons (Fsp3) is 0.0909. The number of rotatable bonds is 2. The highest BCUT2D eigenvalue weighted by Crippen LogP contribution is 2.26. The Balaban J connectivity index is 2.62. The van der Waals surface area contributed by atoms with Gasteiger partial charge in [0.15, 0.2) is 0 Å². The molecule has 0 aliphatic heterocycles. The van der Waals surface area contributed by atoms with Gasteiger partial charge in [0.1, 0.15) is 5.75 Å². The van der Waals surface area contributed by atoms with E-state index in [4.69, 9.17) is 5.73 Å².